The van der Waals surface area contributed by atoms with E-state index in [9.17, 15) is 9.59 Å². The summed E-state index contributed by atoms with van der Waals surface area (Å²) in [7, 11) is 0. The van der Waals surface area contributed by atoms with Crippen LogP contribution < -0.4 is 15.2 Å². The van der Waals surface area contributed by atoms with Crippen LogP contribution in [-0.2, 0) is 4.79 Å². The normalized spacial score (nSPS) is 9.95. The summed E-state index contributed by atoms with van der Waals surface area (Å²) >= 11 is 0. The van der Waals surface area contributed by atoms with Gasteiger partial charge in [-0.15, -0.1) is 0 Å². The van der Waals surface area contributed by atoms with Gasteiger partial charge in [0.15, 0.2) is 6.61 Å². The number of primary amides is 1. The van der Waals surface area contributed by atoms with Gasteiger partial charge in [-0.25, -0.2) is 4.79 Å². The Morgan fingerprint density at radius 3 is 2.43 bits per heavy atom. The van der Waals surface area contributed by atoms with Gasteiger partial charge in [-0.05, 0) is 37.3 Å². The van der Waals surface area contributed by atoms with E-state index in [0.29, 0.717) is 17.1 Å². The zero-order valence-electron chi connectivity index (χ0n) is 11.5. The van der Waals surface area contributed by atoms with Crippen molar-refractivity contribution in [1.82, 2.24) is 0 Å². The first kappa shape index (κ1) is 14.6. The van der Waals surface area contributed by atoms with Crippen molar-refractivity contribution in [1.29, 1.82) is 0 Å². The average molecular weight is 285 g/mol. The zero-order chi connectivity index (χ0) is 15.2. The maximum absolute atomic E-state index is 12.0. The van der Waals surface area contributed by atoms with Crippen LogP contribution in [0.1, 0.15) is 15.9 Å². The van der Waals surface area contributed by atoms with E-state index in [0.717, 1.165) is 5.56 Å². The molecule has 0 aliphatic carbocycles. The summed E-state index contributed by atoms with van der Waals surface area (Å²) in [5, 5.41) is 0. The molecule has 0 aromatic heterocycles. The van der Waals surface area contributed by atoms with Gasteiger partial charge in [0.05, 0.1) is 5.56 Å². The fourth-order valence-electron chi connectivity index (χ4n) is 1.64. The Morgan fingerprint density at radius 1 is 1.05 bits per heavy atom. The summed E-state index contributed by atoms with van der Waals surface area (Å²) in [4.78, 5) is 22.7. The number of hydrogen-bond donors (Lipinski definition) is 1. The SMILES string of the molecule is Cc1ccc(OC(=O)c2cccc(OCC(N)=O)c2)cc1. The van der Waals surface area contributed by atoms with E-state index in [4.69, 9.17) is 15.2 Å². The van der Waals surface area contributed by atoms with Crippen molar-refractivity contribution >= 4 is 11.9 Å². The molecular weight excluding hydrogens is 270 g/mol. The van der Waals surface area contributed by atoms with E-state index >= 15 is 0 Å². The first-order chi connectivity index (χ1) is 10.0. The van der Waals surface area contributed by atoms with Gasteiger partial charge in [-0.3, -0.25) is 4.79 Å². The van der Waals surface area contributed by atoms with Crippen LogP contribution in [0, 0.1) is 6.92 Å². The summed E-state index contributed by atoms with van der Waals surface area (Å²) in [6.07, 6.45) is 0. The summed E-state index contributed by atoms with van der Waals surface area (Å²) in [5.74, 6) is -0.229. The molecule has 5 heteroatoms. The Hall–Kier alpha value is -2.82. The fourth-order valence-corrected chi connectivity index (χ4v) is 1.64. The lowest BCUT2D eigenvalue weighted by atomic mass is 10.2. The second-order valence-corrected chi connectivity index (χ2v) is 4.49. The van der Waals surface area contributed by atoms with Gasteiger partial charge in [-0.2, -0.15) is 0 Å². The van der Waals surface area contributed by atoms with Crippen LogP contribution in [0.25, 0.3) is 0 Å². The Labute approximate surface area is 122 Å². The molecule has 0 heterocycles. The smallest absolute Gasteiger partial charge is 0.343 e. The van der Waals surface area contributed by atoms with Gasteiger partial charge >= 0.3 is 5.97 Å². The van der Waals surface area contributed by atoms with Gasteiger partial charge in [0.25, 0.3) is 5.91 Å². The van der Waals surface area contributed by atoms with Gasteiger partial charge in [-0.1, -0.05) is 23.8 Å². The first-order valence-electron chi connectivity index (χ1n) is 6.34. The fraction of sp³-hybridized carbons (Fsp3) is 0.125. The predicted octanol–water partition coefficient (Wildman–Crippen LogP) is 2.08. The van der Waals surface area contributed by atoms with Gasteiger partial charge in [0.2, 0.25) is 0 Å². The van der Waals surface area contributed by atoms with Crippen LogP contribution >= 0.6 is 0 Å². The molecule has 0 aliphatic rings. The number of carbonyl (C=O) groups is 2. The number of amides is 1. The van der Waals surface area contributed by atoms with Crippen LogP contribution in [0.2, 0.25) is 0 Å². The third-order valence-electron chi connectivity index (χ3n) is 2.68. The van der Waals surface area contributed by atoms with E-state index in [1.54, 1.807) is 30.3 Å². The second kappa shape index (κ2) is 6.56. The number of esters is 1. The van der Waals surface area contributed by atoms with Crippen molar-refractivity contribution in [3.05, 3.63) is 59.7 Å². The van der Waals surface area contributed by atoms with E-state index in [1.165, 1.54) is 6.07 Å². The van der Waals surface area contributed by atoms with E-state index in [1.807, 2.05) is 19.1 Å². The van der Waals surface area contributed by atoms with Crippen molar-refractivity contribution in [3.8, 4) is 11.5 Å². The Balaban J connectivity index is 2.06. The Kier molecular flexibility index (Phi) is 4.56. The summed E-state index contributed by atoms with van der Waals surface area (Å²) in [5.41, 5.74) is 6.41. The molecule has 0 unspecified atom stereocenters. The number of rotatable bonds is 5. The molecule has 108 valence electrons. The topological polar surface area (TPSA) is 78.6 Å². The molecule has 0 radical (unpaired) electrons. The number of nitrogens with two attached hydrogens (primary N) is 1. The highest BCUT2D eigenvalue weighted by molar-refractivity contribution is 5.91. The van der Waals surface area contributed by atoms with E-state index < -0.39 is 11.9 Å². The van der Waals surface area contributed by atoms with Gasteiger partial charge < -0.3 is 15.2 Å². The number of ether oxygens (including phenoxy) is 2. The zero-order valence-corrected chi connectivity index (χ0v) is 11.5. The van der Waals surface area contributed by atoms with Crippen LogP contribution in [0.5, 0.6) is 11.5 Å². The average Bonchev–Trinajstić information content (AvgIpc) is 2.48. The van der Waals surface area contributed by atoms with E-state index in [-0.39, 0.29) is 6.61 Å². The minimum atomic E-state index is -0.581. The summed E-state index contributed by atoms with van der Waals surface area (Å²) < 4.78 is 10.4. The maximum Gasteiger partial charge on any atom is 0.343 e. The minimum absolute atomic E-state index is 0.240. The molecule has 0 saturated carbocycles. The van der Waals surface area contributed by atoms with Crippen molar-refractivity contribution in [2.45, 2.75) is 6.92 Å². The van der Waals surface area contributed by atoms with Crippen LogP contribution in [0.3, 0.4) is 0 Å². The van der Waals surface area contributed by atoms with Crippen LogP contribution in [-0.4, -0.2) is 18.5 Å². The van der Waals surface area contributed by atoms with Crippen LogP contribution in [0.4, 0.5) is 0 Å². The van der Waals surface area contributed by atoms with Crippen molar-refractivity contribution in [2.24, 2.45) is 5.73 Å². The van der Waals surface area contributed by atoms with Gasteiger partial charge in [0.1, 0.15) is 11.5 Å². The quantitative estimate of drug-likeness (QED) is 0.674. The molecule has 2 rings (SSSR count). The number of hydrogen-bond acceptors (Lipinski definition) is 4. The lowest BCUT2D eigenvalue weighted by Gasteiger charge is -2.07. The third kappa shape index (κ3) is 4.35. The summed E-state index contributed by atoms with van der Waals surface area (Å²) in [6.45, 7) is 1.71. The molecule has 0 fully saturated rings. The second-order valence-electron chi connectivity index (χ2n) is 4.49. The lowest BCUT2D eigenvalue weighted by Crippen LogP contribution is -2.20. The molecule has 5 nitrogen and oxygen atoms in total. The molecule has 0 aliphatic heterocycles. The van der Waals surface area contributed by atoms with Crippen molar-refractivity contribution in [3.63, 3.8) is 0 Å². The van der Waals surface area contributed by atoms with E-state index in [2.05, 4.69) is 0 Å². The number of benzene rings is 2. The molecule has 1 amide bonds. The lowest BCUT2D eigenvalue weighted by molar-refractivity contribution is -0.119. The molecule has 2 aromatic rings. The highest BCUT2D eigenvalue weighted by Gasteiger charge is 2.10. The molecular formula is C16H15NO4. The molecule has 2 aromatic carbocycles. The van der Waals surface area contributed by atoms with Crippen molar-refractivity contribution in [2.75, 3.05) is 6.61 Å². The molecule has 0 saturated heterocycles. The van der Waals surface area contributed by atoms with Crippen LogP contribution in [0.15, 0.2) is 48.5 Å². The predicted molar refractivity (Wildman–Crippen MR) is 77.3 cm³/mol. The highest BCUT2D eigenvalue weighted by Crippen LogP contribution is 2.17. The minimum Gasteiger partial charge on any atom is -0.484 e. The first-order valence-corrected chi connectivity index (χ1v) is 6.34. The molecule has 0 spiro atoms. The summed E-state index contributed by atoms with van der Waals surface area (Å²) in [6, 6.07) is 13.5. The molecule has 0 bridgehead atoms. The van der Waals surface area contributed by atoms with Crippen molar-refractivity contribution < 1.29 is 19.1 Å². The molecule has 2 N–H and O–H groups in total. The molecule has 21 heavy (non-hydrogen) atoms. The molecule has 0 atom stereocenters. The number of aryl methyl sites for hydroxylation is 1. The monoisotopic (exact) mass is 285 g/mol. The standard InChI is InChI=1S/C16H15NO4/c1-11-5-7-13(8-6-11)21-16(19)12-3-2-4-14(9-12)20-10-15(17)18/h2-9H,10H2,1H3,(H2,17,18). The Bertz CT molecular complexity index is 650. The number of carbonyl (C=O) groups excluding carboxylic acids is 2. The van der Waals surface area contributed by atoms with Gasteiger partial charge in [0, 0.05) is 0 Å². The maximum atomic E-state index is 12.0. The third-order valence-corrected chi connectivity index (χ3v) is 2.68. The highest BCUT2D eigenvalue weighted by atomic mass is 16.5. The Morgan fingerprint density at radius 2 is 1.76 bits per heavy atom. The largest absolute Gasteiger partial charge is 0.484 e.